The fourth-order valence-corrected chi connectivity index (χ4v) is 4.02. The molecule has 1 aliphatic carbocycles. The first-order chi connectivity index (χ1) is 14.7. The van der Waals surface area contributed by atoms with Crippen LogP contribution in [0.3, 0.4) is 0 Å². The summed E-state index contributed by atoms with van der Waals surface area (Å²) in [7, 11) is 0. The average Bonchev–Trinajstić information content (AvgIpc) is 2.70. The molecule has 6 nitrogen and oxygen atoms in total. The van der Waals surface area contributed by atoms with E-state index in [2.05, 4.69) is 20.7 Å². The molecule has 2 aliphatic rings. The van der Waals surface area contributed by atoms with Crippen molar-refractivity contribution >= 4 is 11.8 Å². The van der Waals surface area contributed by atoms with Gasteiger partial charge in [0.25, 0.3) is 0 Å². The van der Waals surface area contributed by atoms with Crippen molar-refractivity contribution in [3.05, 3.63) is 65.7 Å². The lowest BCUT2D eigenvalue weighted by atomic mass is 9.71. The van der Waals surface area contributed by atoms with Crippen molar-refractivity contribution < 1.29 is 27.5 Å². The summed E-state index contributed by atoms with van der Waals surface area (Å²) >= 11 is 0. The highest BCUT2D eigenvalue weighted by Gasteiger charge is 2.42. The molecule has 2 amide bonds. The summed E-state index contributed by atoms with van der Waals surface area (Å²) in [5.74, 6) is -0.858. The smallest absolute Gasteiger partial charge is 0.406 e. The van der Waals surface area contributed by atoms with Crippen LogP contribution in [0.15, 0.2) is 54.6 Å². The number of ether oxygens (including phenoxy) is 1. The first-order valence-electron chi connectivity index (χ1n) is 10.0. The molecule has 1 heterocycles. The second kappa shape index (κ2) is 8.22. The summed E-state index contributed by atoms with van der Waals surface area (Å²) in [4.78, 5) is 25.2. The fraction of sp³-hybridized carbons (Fsp3) is 0.364. The van der Waals surface area contributed by atoms with Gasteiger partial charge in [-0.15, -0.1) is 13.2 Å². The molecule has 0 aromatic heterocycles. The van der Waals surface area contributed by atoms with Crippen molar-refractivity contribution in [3.8, 4) is 5.75 Å². The maximum Gasteiger partial charge on any atom is 0.573 e. The second-order valence-corrected chi connectivity index (χ2v) is 7.83. The topological polar surface area (TPSA) is 79.5 Å². The van der Waals surface area contributed by atoms with Crippen molar-refractivity contribution in [2.24, 2.45) is 0 Å². The van der Waals surface area contributed by atoms with Gasteiger partial charge in [0.15, 0.2) is 0 Å². The van der Waals surface area contributed by atoms with Gasteiger partial charge in [-0.05, 0) is 42.5 Å². The number of rotatable bonds is 5. The zero-order valence-corrected chi connectivity index (χ0v) is 16.5. The van der Waals surface area contributed by atoms with Crippen LogP contribution in [-0.2, 0) is 15.1 Å². The zero-order chi connectivity index (χ0) is 22.1. The van der Waals surface area contributed by atoms with Gasteiger partial charge in [-0.1, -0.05) is 42.5 Å². The monoisotopic (exact) mass is 433 g/mol. The second-order valence-electron chi connectivity index (χ2n) is 7.83. The van der Waals surface area contributed by atoms with Crippen molar-refractivity contribution in [3.63, 3.8) is 0 Å². The van der Waals surface area contributed by atoms with E-state index >= 15 is 0 Å². The Labute approximate surface area is 177 Å². The van der Waals surface area contributed by atoms with E-state index < -0.39 is 24.1 Å². The predicted molar refractivity (Wildman–Crippen MR) is 106 cm³/mol. The molecule has 2 aromatic carbocycles. The van der Waals surface area contributed by atoms with Gasteiger partial charge in [-0.25, -0.2) is 0 Å². The number of hydrogen-bond donors (Lipinski definition) is 3. The third-order valence-electron chi connectivity index (χ3n) is 5.72. The molecule has 164 valence electrons. The minimum atomic E-state index is -4.76. The third-order valence-corrected chi connectivity index (χ3v) is 5.72. The summed E-state index contributed by atoms with van der Waals surface area (Å²) in [5, 5.41) is 9.03. The number of benzene rings is 2. The van der Waals surface area contributed by atoms with Gasteiger partial charge in [0, 0.05) is 0 Å². The Bertz CT molecular complexity index is 944. The summed E-state index contributed by atoms with van der Waals surface area (Å²) < 4.78 is 41.1. The predicted octanol–water partition coefficient (Wildman–Crippen LogP) is 3.26. The van der Waals surface area contributed by atoms with Crippen molar-refractivity contribution in [1.82, 2.24) is 16.0 Å². The summed E-state index contributed by atoms with van der Waals surface area (Å²) in [6, 6.07) is 14.1. The Morgan fingerprint density at radius 2 is 1.74 bits per heavy atom. The van der Waals surface area contributed by atoms with Crippen LogP contribution >= 0.6 is 0 Å². The van der Waals surface area contributed by atoms with Crippen molar-refractivity contribution in [1.29, 1.82) is 0 Å². The number of halogens is 3. The first-order valence-corrected chi connectivity index (χ1v) is 10.0. The highest BCUT2D eigenvalue weighted by molar-refractivity contribution is 5.90. The lowest BCUT2D eigenvalue weighted by Gasteiger charge is -2.44. The number of hydrogen-bond acceptors (Lipinski definition) is 4. The summed E-state index contributed by atoms with van der Waals surface area (Å²) in [6.07, 6.45) is -3.02. The fourth-order valence-electron chi connectivity index (χ4n) is 4.02. The van der Waals surface area contributed by atoms with Gasteiger partial charge in [0.05, 0.1) is 18.0 Å². The van der Waals surface area contributed by atoms with Crippen LogP contribution in [0.2, 0.25) is 0 Å². The lowest BCUT2D eigenvalue weighted by Crippen LogP contribution is -2.60. The van der Waals surface area contributed by atoms with Gasteiger partial charge in [0.2, 0.25) is 11.8 Å². The molecular formula is C22H22F3N3O3. The minimum absolute atomic E-state index is 0.00358. The maximum absolute atomic E-state index is 13.0. The van der Waals surface area contributed by atoms with Gasteiger partial charge < -0.3 is 15.4 Å². The maximum atomic E-state index is 13.0. The highest BCUT2D eigenvalue weighted by atomic mass is 19.4. The van der Waals surface area contributed by atoms with Gasteiger partial charge in [-0.2, -0.15) is 0 Å². The molecule has 1 saturated heterocycles. The largest absolute Gasteiger partial charge is 0.573 e. The molecule has 3 N–H and O–H groups in total. The van der Waals surface area contributed by atoms with E-state index in [-0.39, 0.29) is 24.0 Å². The number of alkyl halides is 3. The Morgan fingerprint density at radius 1 is 1.06 bits per heavy atom. The van der Waals surface area contributed by atoms with Gasteiger partial charge in [-0.3, -0.25) is 14.9 Å². The Balaban J connectivity index is 1.46. The van der Waals surface area contributed by atoms with Gasteiger partial charge >= 0.3 is 6.36 Å². The Kier molecular flexibility index (Phi) is 5.62. The van der Waals surface area contributed by atoms with Crippen molar-refractivity contribution in [2.45, 2.75) is 49.8 Å². The van der Waals surface area contributed by atoms with Crippen LogP contribution in [0.25, 0.3) is 0 Å². The standard InChI is InChI=1S/C22H22F3N3O3/c23-22(24,25)31-16-9-7-15(8-10-16)21(11-4-12-21)28-20(30)17-13-18(29)27-19(26-17)14-5-2-1-3-6-14/h1-3,5-10,17,19,26H,4,11-13H2,(H,27,29)(H,28,30). The van der Waals surface area contributed by atoms with E-state index in [1.807, 2.05) is 30.3 Å². The van der Waals surface area contributed by atoms with Crippen LogP contribution in [-0.4, -0.2) is 24.2 Å². The average molecular weight is 433 g/mol. The summed E-state index contributed by atoms with van der Waals surface area (Å²) in [6.45, 7) is 0. The number of amides is 2. The molecule has 0 radical (unpaired) electrons. The molecule has 4 rings (SSSR count). The van der Waals surface area contributed by atoms with Crippen LogP contribution in [0, 0.1) is 0 Å². The molecule has 0 spiro atoms. The molecule has 2 atom stereocenters. The van der Waals surface area contributed by atoms with Crippen LogP contribution in [0.4, 0.5) is 13.2 Å². The molecule has 2 aromatic rings. The number of carbonyl (C=O) groups excluding carboxylic acids is 2. The van der Waals surface area contributed by atoms with Gasteiger partial charge in [0.1, 0.15) is 11.9 Å². The molecule has 2 fully saturated rings. The first kappa shape index (κ1) is 21.2. The molecule has 2 unspecified atom stereocenters. The summed E-state index contributed by atoms with van der Waals surface area (Å²) in [5.41, 5.74) is 0.888. The Morgan fingerprint density at radius 3 is 2.32 bits per heavy atom. The quantitative estimate of drug-likeness (QED) is 0.677. The van der Waals surface area contributed by atoms with Crippen molar-refractivity contribution in [2.75, 3.05) is 0 Å². The zero-order valence-electron chi connectivity index (χ0n) is 16.5. The molecule has 31 heavy (non-hydrogen) atoms. The number of carbonyl (C=O) groups is 2. The van der Waals surface area contributed by atoms with E-state index in [0.717, 1.165) is 12.0 Å². The molecule has 1 aliphatic heterocycles. The molecule has 0 bridgehead atoms. The molecular weight excluding hydrogens is 411 g/mol. The van der Waals surface area contributed by atoms with E-state index in [1.165, 1.54) is 24.3 Å². The van der Waals surface area contributed by atoms with Crippen LogP contribution in [0.5, 0.6) is 5.75 Å². The van der Waals surface area contributed by atoms with E-state index in [9.17, 15) is 22.8 Å². The minimum Gasteiger partial charge on any atom is -0.406 e. The van der Waals surface area contributed by atoms with Crippen LogP contribution in [0.1, 0.15) is 43.0 Å². The molecule has 1 saturated carbocycles. The SMILES string of the molecule is O=C1CC(C(=O)NC2(c3ccc(OC(F)(F)F)cc3)CCC2)NC(c2ccccc2)N1. The number of nitrogens with one attached hydrogen (secondary N) is 3. The normalized spacial score (nSPS) is 22.7. The van der Waals surface area contributed by atoms with E-state index in [1.54, 1.807) is 0 Å². The van der Waals surface area contributed by atoms with Crippen LogP contribution < -0.4 is 20.7 Å². The van der Waals surface area contributed by atoms with E-state index in [0.29, 0.717) is 18.4 Å². The molecule has 9 heteroatoms. The lowest BCUT2D eigenvalue weighted by molar-refractivity contribution is -0.274. The van der Waals surface area contributed by atoms with E-state index in [4.69, 9.17) is 0 Å². The highest BCUT2D eigenvalue weighted by Crippen LogP contribution is 2.42. The Hall–Kier alpha value is -3.07. The third kappa shape index (κ3) is 4.82.